The third kappa shape index (κ3) is 6.58. The monoisotopic (exact) mass is 445 g/mol. The second-order valence-electron chi connectivity index (χ2n) is 9.08. The van der Waals surface area contributed by atoms with Crippen LogP contribution in [0.15, 0.2) is 65.8 Å². The highest BCUT2D eigenvalue weighted by Gasteiger charge is 2.37. The van der Waals surface area contributed by atoms with Gasteiger partial charge in [-0.2, -0.15) is 4.31 Å². The summed E-state index contributed by atoms with van der Waals surface area (Å²) in [6, 6.07) is 13.8. The molecule has 2 aromatic carbocycles. The van der Waals surface area contributed by atoms with Crippen molar-refractivity contribution in [2.45, 2.75) is 64.6 Å². The molecule has 2 rings (SSSR count). The summed E-state index contributed by atoms with van der Waals surface area (Å²) in [4.78, 5) is 0.203. The third-order valence-electron chi connectivity index (χ3n) is 4.83. The highest BCUT2D eigenvalue weighted by Crippen LogP contribution is 2.31. The fourth-order valence-electron chi connectivity index (χ4n) is 3.41. The first kappa shape index (κ1) is 25.0. The number of hydrogen-bond acceptors (Lipinski definition) is 4. The van der Waals surface area contributed by atoms with Crippen molar-refractivity contribution >= 4 is 10.0 Å². The molecule has 5 nitrogen and oxygen atoms in total. The Hall–Kier alpha value is -2.31. The number of methoxy groups -OCH3 is 1. The zero-order chi connectivity index (χ0) is 23.4. The second-order valence-corrected chi connectivity index (χ2v) is 11.0. The van der Waals surface area contributed by atoms with Gasteiger partial charge in [0.15, 0.2) is 0 Å². The molecule has 0 aromatic heterocycles. The van der Waals surface area contributed by atoms with Crippen LogP contribution < -0.4 is 4.74 Å². The van der Waals surface area contributed by atoms with Crippen molar-refractivity contribution in [3.63, 3.8) is 0 Å². The zero-order valence-electron chi connectivity index (χ0n) is 19.7. The van der Waals surface area contributed by atoms with Gasteiger partial charge in [-0.05, 0) is 63.4 Å². The van der Waals surface area contributed by atoms with Gasteiger partial charge in [-0.1, -0.05) is 50.3 Å². The van der Waals surface area contributed by atoms with E-state index in [4.69, 9.17) is 9.47 Å². The smallest absolute Gasteiger partial charge is 0.244 e. The van der Waals surface area contributed by atoms with Gasteiger partial charge in [0.1, 0.15) is 17.1 Å². The van der Waals surface area contributed by atoms with E-state index in [-0.39, 0.29) is 17.4 Å². The van der Waals surface area contributed by atoms with Crippen molar-refractivity contribution in [1.82, 2.24) is 4.31 Å². The summed E-state index contributed by atoms with van der Waals surface area (Å²) in [6.07, 6.45) is 0. The van der Waals surface area contributed by atoms with Gasteiger partial charge in [0.25, 0.3) is 0 Å². The molecule has 0 saturated heterocycles. The van der Waals surface area contributed by atoms with Crippen molar-refractivity contribution in [3.05, 3.63) is 72.0 Å². The summed E-state index contributed by atoms with van der Waals surface area (Å²) < 4.78 is 40.3. The Labute approximate surface area is 187 Å². The zero-order valence-corrected chi connectivity index (χ0v) is 20.5. The number of benzene rings is 2. The summed E-state index contributed by atoms with van der Waals surface area (Å²) in [5.41, 5.74) is 1.54. The quantitative estimate of drug-likeness (QED) is 0.475. The molecule has 0 fully saturated rings. The van der Waals surface area contributed by atoms with E-state index in [1.807, 2.05) is 65.8 Å². The molecule has 0 bridgehead atoms. The van der Waals surface area contributed by atoms with Crippen LogP contribution in [0.4, 0.5) is 0 Å². The van der Waals surface area contributed by atoms with E-state index in [1.54, 1.807) is 31.4 Å². The summed E-state index contributed by atoms with van der Waals surface area (Å²) in [5, 5.41) is 0. The van der Waals surface area contributed by atoms with Crippen LogP contribution in [0, 0.1) is 12.8 Å². The van der Waals surface area contributed by atoms with E-state index < -0.39 is 21.7 Å². The molecule has 31 heavy (non-hydrogen) atoms. The minimum absolute atomic E-state index is 0.0479. The topological polar surface area (TPSA) is 55.8 Å². The predicted octanol–water partition coefficient (Wildman–Crippen LogP) is 5.55. The molecule has 1 atom stereocenters. The van der Waals surface area contributed by atoms with Gasteiger partial charge in [-0.15, -0.1) is 0 Å². The lowest BCUT2D eigenvalue weighted by molar-refractivity contribution is 0.0242. The summed E-state index contributed by atoms with van der Waals surface area (Å²) in [7, 11) is -2.29. The summed E-state index contributed by atoms with van der Waals surface area (Å²) in [5.74, 6) is 0.991. The van der Waals surface area contributed by atoms with Crippen molar-refractivity contribution in [3.8, 4) is 5.75 Å². The van der Waals surface area contributed by atoms with E-state index in [0.717, 1.165) is 11.1 Å². The molecule has 0 aliphatic carbocycles. The molecule has 170 valence electrons. The molecule has 0 radical (unpaired) electrons. The van der Waals surface area contributed by atoms with Crippen molar-refractivity contribution < 1.29 is 17.9 Å². The Bertz CT molecular complexity index is 972. The Kier molecular flexibility index (Phi) is 7.95. The van der Waals surface area contributed by atoms with Crippen molar-refractivity contribution in [2.24, 2.45) is 5.92 Å². The third-order valence-corrected chi connectivity index (χ3v) is 6.68. The van der Waals surface area contributed by atoms with Gasteiger partial charge in [-0.25, -0.2) is 8.42 Å². The van der Waals surface area contributed by atoms with Crippen molar-refractivity contribution in [2.75, 3.05) is 7.11 Å². The van der Waals surface area contributed by atoms with Gasteiger partial charge in [0, 0.05) is 6.54 Å². The summed E-state index contributed by atoms with van der Waals surface area (Å²) >= 11 is 0. The second kappa shape index (κ2) is 9.88. The minimum atomic E-state index is -3.84. The van der Waals surface area contributed by atoms with Gasteiger partial charge >= 0.3 is 0 Å². The molecule has 0 amide bonds. The Morgan fingerprint density at radius 3 is 2.03 bits per heavy atom. The van der Waals surface area contributed by atoms with Gasteiger partial charge in [0.05, 0.1) is 18.0 Å². The maximum Gasteiger partial charge on any atom is 0.244 e. The van der Waals surface area contributed by atoms with Crippen LogP contribution in [-0.4, -0.2) is 31.5 Å². The Balaban J connectivity index is 2.56. The number of nitrogens with zero attached hydrogens (tertiary/aromatic N) is 1. The highest BCUT2D eigenvalue weighted by atomic mass is 32.2. The first-order valence-corrected chi connectivity index (χ1v) is 11.9. The normalized spacial score (nSPS) is 13.3. The van der Waals surface area contributed by atoms with E-state index >= 15 is 0 Å². The van der Waals surface area contributed by atoms with Crippen LogP contribution in [0.3, 0.4) is 0 Å². The standard InChI is InChI=1S/C25H35NO4S/c1-18(2)24(20(4)30-25(5,6)7)26(17-21-11-9-19(3)10-12-21)31(27,28)23-15-13-22(29-8)14-16-23/h9-16,18,24H,4,17H2,1-3,5-8H3. The maximum absolute atomic E-state index is 13.8. The van der Waals surface area contributed by atoms with Gasteiger partial charge < -0.3 is 9.47 Å². The molecule has 0 aliphatic heterocycles. The predicted molar refractivity (Wildman–Crippen MR) is 126 cm³/mol. The lowest BCUT2D eigenvalue weighted by Crippen LogP contribution is -2.45. The molecule has 2 aromatic rings. The number of ether oxygens (including phenoxy) is 2. The fourth-order valence-corrected chi connectivity index (χ4v) is 5.14. The SMILES string of the molecule is C=C(OC(C)(C)C)C(C(C)C)N(Cc1ccc(C)cc1)S(=O)(=O)c1ccc(OC)cc1. The van der Waals surface area contributed by atoms with Gasteiger partial charge in [-0.3, -0.25) is 0 Å². The molecule has 0 saturated carbocycles. The summed E-state index contributed by atoms with van der Waals surface area (Å²) in [6.45, 7) is 16.1. The van der Waals surface area contributed by atoms with Crippen LogP contribution in [0.5, 0.6) is 5.75 Å². The first-order chi connectivity index (χ1) is 14.3. The lowest BCUT2D eigenvalue weighted by atomic mass is 10.0. The lowest BCUT2D eigenvalue weighted by Gasteiger charge is -2.37. The first-order valence-electron chi connectivity index (χ1n) is 10.4. The van der Waals surface area contributed by atoms with E-state index in [1.165, 1.54) is 4.31 Å². The number of aryl methyl sites for hydroxylation is 1. The molecule has 0 spiro atoms. The van der Waals surface area contributed by atoms with Crippen LogP contribution in [-0.2, 0) is 21.3 Å². The number of rotatable bonds is 9. The Morgan fingerprint density at radius 1 is 1.03 bits per heavy atom. The molecule has 1 unspecified atom stereocenters. The molecular formula is C25H35NO4S. The fraction of sp³-hybridized carbons (Fsp3) is 0.440. The molecule has 0 N–H and O–H groups in total. The van der Waals surface area contributed by atoms with Crippen LogP contribution >= 0.6 is 0 Å². The largest absolute Gasteiger partial charge is 0.497 e. The van der Waals surface area contributed by atoms with E-state index in [9.17, 15) is 8.42 Å². The van der Waals surface area contributed by atoms with E-state index in [2.05, 4.69) is 6.58 Å². The maximum atomic E-state index is 13.8. The van der Waals surface area contributed by atoms with Crippen molar-refractivity contribution in [1.29, 1.82) is 0 Å². The highest BCUT2D eigenvalue weighted by molar-refractivity contribution is 7.89. The average Bonchev–Trinajstić information content (AvgIpc) is 2.67. The van der Waals surface area contributed by atoms with Crippen LogP contribution in [0.2, 0.25) is 0 Å². The molecule has 6 heteroatoms. The van der Waals surface area contributed by atoms with Gasteiger partial charge in [0.2, 0.25) is 10.0 Å². The molecule has 0 heterocycles. The van der Waals surface area contributed by atoms with Crippen LogP contribution in [0.25, 0.3) is 0 Å². The number of hydrogen-bond donors (Lipinski definition) is 0. The average molecular weight is 446 g/mol. The molecule has 0 aliphatic rings. The number of sulfonamides is 1. The van der Waals surface area contributed by atoms with Crippen LogP contribution in [0.1, 0.15) is 45.7 Å². The Morgan fingerprint density at radius 2 is 1.58 bits per heavy atom. The van der Waals surface area contributed by atoms with E-state index in [0.29, 0.717) is 11.5 Å². The minimum Gasteiger partial charge on any atom is -0.497 e. The molecular weight excluding hydrogens is 410 g/mol.